The summed E-state index contributed by atoms with van der Waals surface area (Å²) in [7, 11) is 0. The summed E-state index contributed by atoms with van der Waals surface area (Å²) in [4.78, 5) is 14.6. The Balaban J connectivity index is 1.48. The van der Waals surface area contributed by atoms with Crippen LogP contribution in [0.1, 0.15) is 54.6 Å². The van der Waals surface area contributed by atoms with E-state index in [0.29, 0.717) is 5.69 Å². The zero-order valence-corrected chi connectivity index (χ0v) is 14.4. The molecule has 4 rings (SSSR count). The van der Waals surface area contributed by atoms with Gasteiger partial charge in [0.05, 0.1) is 0 Å². The molecule has 1 aromatic carbocycles. The monoisotopic (exact) mass is 336 g/mol. The molecule has 1 aromatic heterocycles. The lowest BCUT2D eigenvalue weighted by atomic mass is 9.95. The molecule has 130 valence electrons. The highest BCUT2D eigenvalue weighted by Crippen LogP contribution is 2.31. The van der Waals surface area contributed by atoms with Crippen LogP contribution in [0.3, 0.4) is 0 Å². The van der Waals surface area contributed by atoms with E-state index in [2.05, 4.69) is 44.7 Å². The highest BCUT2D eigenvalue weighted by Gasteiger charge is 2.21. The molecule has 1 amide bonds. The normalized spacial score (nSPS) is 17.8. The fraction of sp³-hybridized carbons (Fsp3) is 0.450. The van der Waals surface area contributed by atoms with E-state index in [1.165, 1.54) is 30.5 Å². The second-order valence-electron chi connectivity index (χ2n) is 6.97. The van der Waals surface area contributed by atoms with Gasteiger partial charge in [-0.15, -0.1) is 10.2 Å². The van der Waals surface area contributed by atoms with Crippen molar-refractivity contribution in [2.45, 2.75) is 51.0 Å². The number of para-hydroxylation sites is 1. The number of fused-ring (bicyclic) bond motifs is 1. The van der Waals surface area contributed by atoms with Crippen molar-refractivity contribution in [2.75, 3.05) is 11.4 Å². The van der Waals surface area contributed by atoms with E-state index in [4.69, 9.17) is 0 Å². The molecule has 0 spiro atoms. The summed E-state index contributed by atoms with van der Waals surface area (Å²) in [5, 5.41) is 11.6. The Morgan fingerprint density at radius 2 is 1.84 bits per heavy atom. The number of carbonyl (C=O) groups excluding carboxylic acids is 1. The van der Waals surface area contributed by atoms with Crippen LogP contribution in [-0.2, 0) is 6.42 Å². The summed E-state index contributed by atoms with van der Waals surface area (Å²) in [6, 6.07) is 12.4. The van der Waals surface area contributed by atoms with Crippen LogP contribution in [0.2, 0.25) is 0 Å². The van der Waals surface area contributed by atoms with Crippen LogP contribution in [0.5, 0.6) is 0 Å². The molecule has 5 nitrogen and oxygen atoms in total. The van der Waals surface area contributed by atoms with Gasteiger partial charge in [-0.05, 0) is 49.4 Å². The Bertz CT molecular complexity index is 738. The first kappa shape index (κ1) is 16.1. The number of anilines is 2. The van der Waals surface area contributed by atoms with Crippen molar-refractivity contribution in [3.8, 4) is 0 Å². The zero-order chi connectivity index (χ0) is 17.1. The van der Waals surface area contributed by atoms with E-state index in [1.54, 1.807) is 6.07 Å². The molecule has 1 fully saturated rings. The van der Waals surface area contributed by atoms with Crippen molar-refractivity contribution in [1.82, 2.24) is 15.5 Å². The molecule has 1 saturated carbocycles. The number of rotatable bonds is 3. The average Bonchev–Trinajstić information content (AvgIpc) is 2.68. The van der Waals surface area contributed by atoms with E-state index in [-0.39, 0.29) is 11.9 Å². The van der Waals surface area contributed by atoms with Crippen molar-refractivity contribution >= 4 is 17.4 Å². The van der Waals surface area contributed by atoms with E-state index < -0.39 is 0 Å². The third-order valence-corrected chi connectivity index (χ3v) is 5.21. The van der Waals surface area contributed by atoms with Gasteiger partial charge in [-0.2, -0.15) is 0 Å². The Morgan fingerprint density at radius 1 is 1.00 bits per heavy atom. The maximum absolute atomic E-state index is 12.4. The van der Waals surface area contributed by atoms with Crippen molar-refractivity contribution in [3.63, 3.8) is 0 Å². The molecule has 25 heavy (non-hydrogen) atoms. The summed E-state index contributed by atoms with van der Waals surface area (Å²) in [6.45, 7) is 0.930. The molecule has 1 aliphatic heterocycles. The minimum Gasteiger partial charge on any atom is -0.348 e. The largest absolute Gasteiger partial charge is 0.348 e. The molecular weight excluding hydrogens is 312 g/mol. The van der Waals surface area contributed by atoms with Gasteiger partial charge in [-0.25, -0.2) is 0 Å². The summed E-state index contributed by atoms with van der Waals surface area (Å²) < 4.78 is 0. The molecule has 0 atom stereocenters. The lowest BCUT2D eigenvalue weighted by Crippen LogP contribution is -2.36. The lowest BCUT2D eigenvalue weighted by Gasteiger charge is -2.30. The number of aromatic nitrogens is 2. The third-order valence-electron chi connectivity index (χ3n) is 5.21. The first-order valence-electron chi connectivity index (χ1n) is 9.31. The molecular formula is C20H24N4O. The second-order valence-corrected chi connectivity index (χ2v) is 6.97. The van der Waals surface area contributed by atoms with Gasteiger partial charge in [0.1, 0.15) is 0 Å². The number of aryl methyl sites for hydroxylation is 1. The molecule has 2 aromatic rings. The number of hydrogen-bond donors (Lipinski definition) is 1. The van der Waals surface area contributed by atoms with Crippen LogP contribution >= 0.6 is 0 Å². The molecule has 0 radical (unpaired) electrons. The summed E-state index contributed by atoms with van der Waals surface area (Å²) in [5.41, 5.74) is 2.94. The molecule has 5 heteroatoms. The van der Waals surface area contributed by atoms with Gasteiger partial charge in [0.25, 0.3) is 5.91 Å². The minimum absolute atomic E-state index is 0.106. The van der Waals surface area contributed by atoms with Gasteiger partial charge < -0.3 is 10.2 Å². The van der Waals surface area contributed by atoms with Crippen LogP contribution in [-0.4, -0.2) is 28.7 Å². The summed E-state index contributed by atoms with van der Waals surface area (Å²) >= 11 is 0. The molecule has 0 saturated heterocycles. The number of nitrogens with zero attached hydrogens (tertiary/aromatic N) is 3. The van der Waals surface area contributed by atoms with E-state index in [9.17, 15) is 4.79 Å². The standard InChI is InChI=1S/C20H24N4O/c25-20(21-16-9-2-1-3-10-16)17-12-13-19(23-22-17)24-14-6-8-15-7-4-5-11-18(15)24/h4-5,7,11-13,16H,1-3,6,8-10,14H2,(H,21,25). The molecule has 0 unspecified atom stereocenters. The number of benzene rings is 1. The molecule has 2 aliphatic rings. The van der Waals surface area contributed by atoms with Crippen molar-refractivity contribution in [2.24, 2.45) is 0 Å². The molecule has 1 aliphatic carbocycles. The smallest absolute Gasteiger partial charge is 0.272 e. The summed E-state index contributed by atoms with van der Waals surface area (Å²) in [5.74, 6) is 0.700. The molecule has 1 N–H and O–H groups in total. The number of nitrogens with one attached hydrogen (secondary N) is 1. The van der Waals surface area contributed by atoms with Crippen molar-refractivity contribution in [3.05, 3.63) is 47.7 Å². The minimum atomic E-state index is -0.106. The number of hydrogen-bond acceptors (Lipinski definition) is 4. The Morgan fingerprint density at radius 3 is 2.64 bits per heavy atom. The van der Waals surface area contributed by atoms with E-state index >= 15 is 0 Å². The first-order chi connectivity index (χ1) is 12.3. The van der Waals surface area contributed by atoms with Gasteiger partial charge in [0.2, 0.25) is 0 Å². The molecule has 2 heterocycles. The number of amides is 1. The van der Waals surface area contributed by atoms with Crippen LogP contribution in [0.4, 0.5) is 11.5 Å². The summed E-state index contributed by atoms with van der Waals surface area (Å²) in [6.07, 6.45) is 8.01. The fourth-order valence-electron chi connectivity index (χ4n) is 3.87. The van der Waals surface area contributed by atoms with Crippen LogP contribution in [0.25, 0.3) is 0 Å². The van der Waals surface area contributed by atoms with Gasteiger partial charge in [0, 0.05) is 18.3 Å². The highest BCUT2D eigenvalue weighted by atomic mass is 16.2. The Kier molecular flexibility index (Phi) is 4.63. The predicted molar refractivity (Wildman–Crippen MR) is 98.1 cm³/mol. The Labute approximate surface area is 148 Å². The maximum Gasteiger partial charge on any atom is 0.272 e. The van der Waals surface area contributed by atoms with Gasteiger partial charge in [-0.3, -0.25) is 4.79 Å². The molecule has 0 bridgehead atoms. The van der Waals surface area contributed by atoms with Gasteiger partial charge >= 0.3 is 0 Å². The predicted octanol–water partition coefficient (Wildman–Crippen LogP) is 3.62. The fourth-order valence-corrected chi connectivity index (χ4v) is 3.87. The topological polar surface area (TPSA) is 58.1 Å². The maximum atomic E-state index is 12.4. The van der Waals surface area contributed by atoms with Crippen LogP contribution in [0.15, 0.2) is 36.4 Å². The van der Waals surface area contributed by atoms with Crippen molar-refractivity contribution in [1.29, 1.82) is 0 Å². The van der Waals surface area contributed by atoms with Crippen molar-refractivity contribution < 1.29 is 4.79 Å². The SMILES string of the molecule is O=C(NC1CCCCC1)c1ccc(N2CCCc3ccccc32)nn1. The van der Waals surface area contributed by atoms with E-state index in [0.717, 1.165) is 38.0 Å². The zero-order valence-electron chi connectivity index (χ0n) is 14.4. The van der Waals surface area contributed by atoms with Gasteiger partial charge in [0.15, 0.2) is 11.5 Å². The Hall–Kier alpha value is -2.43. The van der Waals surface area contributed by atoms with Crippen LogP contribution in [0, 0.1) is 0 Å². The second kappa shape index (κ2) is 7.21. The quantitative estimate of drug-likeness (QED) is 0.930. The van der Waals surface area contributed by atoms with E-state index in [1.807, 2.05) is 6.07 Å². The highest BCUT2D eigenvalue weighted by molar-refractivity contribution is 5.92. The van der Waals surface area contributed by atoms with Crippen LogP contribution < -0.4 is 10.2 Å². The third kappa shape index (κ3) is 3.50. The lowest BCUT2D eigenvalue weighted by molar-refractivity contribution is 0.0921. The first-order valence-corrected chi connectivity index (χ1v) is 9.31. The number of carbonyl (C=O) groups is 1. The average molecular weight is 336 g/mol. The van der Waals surface area contributed by atoms with Gasteiger partial charge in [-0.1, -0.05) is 37.5 Å².